The predicted molar refractivity (Wildman–Crippen MR) is 43.7 cm³/mol. The molecule has 1 atom stereocenters. The lowest BCUT2D eigenvalue weighted by molar-refractivity contribution is 0.0646. The third-order valence-corrected chi connectivity index (χ3v) is 1.21. The molecule has 0 aliphatic rings. The monoisotopic (exact) mass is 145 g/mol. The molecule has 62 valence electrons. The maximum absolute atomic E-state index is 9.35. The van der Waals surface area contributed by atoms with Crippen LogP contribution in [0, 0.1) is 5.92 Å². The summed E-state index contributed by atoms with van der Waals surface area (Å²) in [5, 5.41) is 12.4. The second-order valence-electron chi connectivity index (χ2n) is 4.08. The minimum absolute atomic E-state index is 0.00366. The third-order valence-electron chi connectivity index (χ3n) is 1.21. The second kappa shape index (κ2) is 3.35. The molecule has 0 spiro atoms. The van der Waals surface area contributed by atoms with Gasteiger partial charge in [0.05, 0.1) is 0 Å². The zero-order chi connectivity index (χ0) is 8.36. The first kappa shape index (κ1) is 9.92. The second-order valence-corrected chi connectivity index (χ2v) is 4.08. The van der Waals surface area contributed by atoms with Crippen molar-refractivity contribution >= 4 is 0 Å². The fraction of sp³-hybridized carbons (Fsp3) is 1.00. The van der Waals surface area contributed by atoms with Gasteiger partial charge in [-0.1, -0.05) is 13.8 Å². The van der Waals surface area contributed by atoms with Crippen molar-refractivity contribution in [2.24, 2.45) is 5.92 Å². The summed E-state index contributed by atoms with van der Waals surface area (Å²) in [6.07, 6.45) is -0.389. The van der Waals surface area contributed by atoms with Gasteiger partial charge in [0.25, 0.3) is 0 Å². The first-order valence-electron chi connectivity index (χ1n) is 3.78. The van der Waals surface area contributed by atoms with Gasteiger partial charge in [-0.15, -0.1) is 0 Å². The van der Waals surface area contributed by atoms with E-state index < -0.39 is 0 Å². The first-order valence-corrected chi connectivity index (χ1v) is 3.78. The van der Waals surface area contributed by atoms with Gasteiger partial charge in [-0.25, -0.2) is 0 Å². The van der Waals surface area contributed by atoms with Crippen LogP contribution in [0.1, 0.15) is 34.6 Å². The number of hydrogen-bond acceptors (Lipinski definition) is 2. The van der Waals surface area contributed by atoms with E-state index >= 15 is 0 Å². The molecule has 0 bridgehead atoms. The van der Waals surface area contributed by atoms with E-state index in [9.17, 15) is 5.11 Å². The van der Waals surface area contributed by atoms with E-state index in [-0.39, 0.29) is 17.7 Å². The molecule has 0 aromatic carbocycles. The number of aliphatic hydroxyl groups is 1. The molecule has 1 unspecified atom stereocenters. The Bertz CT molecular complexity index is 93.9. The zero-order valence-electron chi connectivity index (χ0n) is 7.60. The largest absolute Gasteiger partial charge is 0.378 e. The van der Waals surface area contributed by atoms with E-state index in [1.165, 1.54) is 0 Å². The highest BCUT2D eigenvalue weighted by molar-refractivity contribution is 4.73. The van der Waals surface area contributed by atoms with Gasteiger partial charge in [-0.3, -0.25) is 5.32 Å². The van der Waals surface area contributed by atoms with Crippen molar-refractivity contribution < 1.29 is 5.11 Å². The van der Waals surface area contributed by atoms with E-state index in [1.54, 1.807) is 0 Å². The molecule has 0 radical (unpaired) electrons. The summed E-state index contributed by atoms with van der Waals surface area (Å²) in [5.41, 5.74) is 0.00366. The minimum Gasteiger partial charge on any atom is -0.378 e. The highest BCUT2D eigenvalue weighted by Crippen LogP contribution is 2.05. The quantitative estimate of drug-likeness (QED) is 0.575. The lowest BCUT2D eigenvalue weighted by atomic mass is 10.1. The number of rotatable bonds is 2. The van der Waals surface area contributed by atoms with Gasteiger partial charge >= 0.3 is 0 Å². The van der Waals surface area contributed by atoms with Crippen molar-refractivity contribution in [3.63, 3.8) is 0 Å². The summed E-state index contributed by atoms with van der Waals surface area (Å²) < 4.78 is 0. The Balaban J connectivity index is 3.68. The average Bonchev–Trinajstić information content (AvgIpc) is 1.60. The fourth-order valence-corrected chi connectivity index (χ4v) is 0.610. The van der Waals surface area contributed by atoms with Crippen LogP contribution >= 0.6 is 0 Å². The topological polar surface area (TPSA) is 32.3 Å². The molecule has 0 aromatic heterocycles. The molecular weight excluding hydrogens is 126 g/mol. The lowest BCUT2D eigenvalue weighted by Gasteiger charge is -2.27. The maximum atomic E-state index is 9.35. The van der Waals surface area contributed by atoms with Crippen LogP contribution in [0.15, 0.2) is 0 Å². The molecule has 0 saturated carbocycles. The van der Waals surface area contributed by atoms with Gasteiger partial charge in [-0.2, -0.15) is 0 Å². The number of nitrogens with one attached hydrogen (secondary N) is 1. The van der Waals surface area contributed by atoms with Crippen LogP contribution in [0.2, 0.25) is 0 Å². The summed E-state index contributed by atoms with van der Waals surface area (Å²) in [5.74, 6) is 0.277. The third kappa shape index (κ3) is 4.77. The zero-order valence-corrected chi connectivity index (χ0v) is 7.60. The number of hydrogen-bond donors (Lipinski definition) is 2. The lowest BCUT2D eigenvalue weighted by Crippen LogP contribution is -2.45. The first-order chi connectivity index (χ1) is 4.33. The smallest absolute Gasteiger partial charge is 0.107 e. The normalized spacial score (nSPS) is 15.9. The van der Waals surface area contributed by atoms with Crippen LogP contribution in [0.3, 0.4) is 0 Å². The standard InChI is InChI=1S/C8H19NO/c1-6(2)7(10)9-8(3,4)5/h6-7,9-10H,1-5H3. The van der Waals surface area contributed by atoms with Gasteiger partial charge in [0.1, 0.15) is 6.23 Å². The molecule has 0 rings (SSSR count). The molecule has 2 heteroatoms. The van der Waals surface area contributed by atoms with E-state index in [4.69, 9.17) is 0 Å². The average molecular weight is 145 g/mol. The summed E-state index contributed by atoms with van der Waals surface area (Å²) >= 11 is 0. The Hall–Kier alpha value is -0.0800. The van der Waals surface area contributed by atoms with Crippen LogP contribution in [0.4, 0.5) is 0 Å². The van der Waals surface area contributed by atoms with Crippen LogP contribution in [-0.2, 0) is 0 Å². The Morgan fingerprint density at radius 3 is 1.70 bits per heavy atom. The molecule has 0 heterocycles. The van der Waals surface area contributed by atoms with Crippen molar-refractivity contribution in [3.8, 4) is 0 Å². The molecule has 10 heavy (non-hydrogen) atoms. The summed E-state index contributed by atoms with van der Waals surface area (Å²) in [4.78, 5) is 0. The molecule has 0 aromatic rings. The van der Waals surface area contributed by atoms with E-state index in [2.05, 4.69) is 5.32 Å². The van der Waals surface area contributed by atoms with Crippen molar-refractivity contribution in [1.82, 2.24) is 5.32 Å². The van der Waals surface area contributed by atoms with Gasteiger partial charge in [-0.05, 0) is 26.7 Å². The minimum atomic E-state index is -0.389. The molecule has 0 amide bonds. The Labute approximate surface area is 63.6 Å². The fourth-order valence-electron chi connectivity index (χ4n) is 0.610. The van der Waals surface area contributed by atoms with Crippen LogP contribution in [0.5, 0.6) is 0 Å². The molecule has 0 saturated heterocycles. The van der Waals surface area contributed by atoms with Gasteiger partial charge in [0.2, 0.25) is 0 Å². The van der Waals surface area contributed by atoms with Gasteiger partial charge in [0.15, 0.2) is 0 Å². The summed E-state index contributed by atoms with van der Waals surface area (Å²) in [7, 11) is 0. The van der Waals surface area contributed by atoms with Gasteiger partial charge in [0, 0.05) is 5.54 Å². The summed E-state index contributed by atoms with van der Waals surface area (Å²) in [6, 6.07) is 0. The van der Waals surface area contributed by atoms with Crippen LogP contribution in [0.25, 0.3) is 0 Å². The van der Waals surface area contributed by atoms with E-state index in [1.807, 2.05) is 34.6 Å². The van der Waals surface area contributed by atoms with E-state index in [0.717, 1.165) is 0 Å². The van der Waals surface area contributed by atoms with E-state index in [0.29, 0.717) is 0 Å². The number of aliphatic hydroxyl groups excluding tert-OH is 1. The van der Waals surface area contributed by atoms with Crippen molar-refractivity contribution in [2.45, 2.75) is 46.4 Å². The molecule has 0 fully saturated rings. The Morgan fingerprint density at radius 1 is 1.20 bits per heavy atom. The molecule has 2 N–H and O–H groups in total. The summed E-state index contributed by atoms with van der Waals surface area (Å²) in [6.45, 7) is 10.1. The van der Waals surface area contributed by atoms with Gasteiger partial charge < -0.3 is 5.11 Å². The van der Waals surface area contributed by atoms with Crippen molar-refractivity contribution in [2.75, 3.05) is 0 Å². The Kier molecular flexibility index (Phi) is 3.33. The van der Waals surface area contributed by atoms with Crippen LogP contribution in [-0.4, -0.2) is 16.9 Å². The SMILES string of the molecule is CC(C)C(O)NC(C)(C)C. The maximum Gasteiger partial charge on any atom is 0.107 e. The molecule has 2 nitrogen and oxygen atoms in total. The Morgan fingerprint density at radius 2 is 1.60 bits per heavy atom. The highest BCUT2D eigenvalue weighted by atomic mass is 16.3. The van der Waals surface area contributed by atoms with Crippen molar-refractivity contribution in [3.05, 3.63) is 0 Å². The molecular formula is C8H19NO. The molecule has 0 aliphatic heterocycles. The predicted octanol–water partition coefficient (Wildman–Crippen LogP) is 1.35. The highest BCUT2D eigenvalue weighted by Gasteiger charge is 2.16. The van der Waals surface area contributed by atoms with Crippen molar-refractivity contribution in [1.29, 1.82) is 0 Å². The molecule has 0 aliphatic carbocycles. The van der Waals surface area contributed by atoms with Crippen LogP contribution < -0.4 is 5.32 Å².